The van der Waals surface area contributed by atoms with Gasteiger partial charge in [0.15, 0.2) is 0 Å². The molecule has 0 aromatic carbocycles. The van der Waals surface area contributed by atoms with Crippen molar-refractivity contribution < 1.29 is 19.1 Å². The van der Waals surface area contributed by atoms with Crippen molar-refractivity contribution in [3.05, 3.63) is 22.8 Å². The summed E-state index contributed by atoms with van der Waals surface area (Å²) in [5.74, 6) is 0.248. The van der Waals surface area contributed by atoms with Gasteiger partial charge in [0, 0.05) is 20.0 Å². The molecule has 0 radical (unpaired) electrons. The van der Waals surface area contributed by atoms with Crippen LogP contribution in [-0.2, 0) is 19.1 Å². The average Bonchev–Trinajstić information content (AvgIpc) is 2.92. The number of allylic oxidation sites excluding steroid dienone is 2. The summed E-state index contributed by atoms with van der Waals surface area (Å²) in [6, 6.07) is 0. The Bertz CT molecular complexity index is 570. The van der Waals surface area contributed by atoms with Crippen molar-refractivity contribution >= 4 is 12.1 Å². The minimum atomic E-state index is -0.196. The Kier molecular flexibility index (Phi) is 6.75. The number of ether oxygens (including phenoxy) is 2. The molecule has 0 saturated carbocycles. The molecule has 0 saturated heterocycles. The molecule has 0 amide bonds. The van der Waals surface area contributed by atoms with E-state index in [0.29, 0.717) is 19.4 Å². The van der Waals surface area contributed by atoms with E-state index in [4.69, 9.17) is 9.47 Å². The van der Waals surface area contributed by atoms with Crippen LogP contribution in [0.25, 0.3) is 0 Å². The van der Waals surface area contributed by atoms with Crippen LogP contribution in [-0.4, -0.2) is 38.0 Å². The molecule has 2 rings (SSSR count). The minimum Gasteiger partial charge on any atom is -0.377 e. The Morgan fingerprint density at radius 1 is 1.36 bits per heavy atom. The molecule has 4 atom stereocenters. The molecular formula is C21H32O4. The zero-order valence-corrected chi connectivity index (χ0v) is 16.3. The number of ketones is 1. The minimum absolute atomic E-state index is 0.0200. The zero-order chi connectivity index (χ0) is 18.6. The third kappa shape index (κ3) is 4.48. The highest BCUT2D eigenvalue weighted by Crippen LogP contribution is 2.52. The lowest BCUT2D eigenvalue weighted by molar-refractivity contribution is -0.118. The maximum Gasteiger partial charge on any atom is 0.132 e. The van der Waals surface area contributed by atoms with Crippen molar-refractivity contribution in [2.75, 3.05) is 13.7 Å². The molecule has 0 unspecified atom stereocenters. The van der Waals surface area contributed by atoms with Crippen LogP contribution in [0.2, 0.25) is 0 Å². The molecule has 0 aromatic rings. The number of carbonyl (C=O) groups is 2. The van der Waals surface area contributed by atoms with Gasteiger partial charge >= 0.3 is 0 Å². The molecule has 0 N–H and O–H groups in total. The van der Waals surface area contributed by atoms with E-state index < -0.39 is 0 Å². The topological polar surface area (TPSA) is 52.6 Å². The van der Waals surface area contributed by atoms with E-state index in [2.05, 4.69) is 26.8 Å². The van der Waals surface area contributed by atoms with Crippen molar-refractivity contribution in [1.29, 1.82) is 0 Å². The van der Waals surface area contributed by atoms with Crippen molar-refractivity contribution in [2.45, 2.75) is 72.0 Å². The van der Waals surface area contributed by atoms with E-state index in [1.54, 1.807) is 14.0 Å². The van der Waals surface area contributed by atoms with Crippen LogP contribution in [0.4, 0.5) is 0 Å². The number of aldehydes is 1. The second-order valence-electron chi connectivity index (χ2n) is 8.04. The quantitative estimate of drug-likeness (QED) is 0.491. The van der Waals surface area contributed by atoms with Crippen LogP contribution in [0.3, 0.4) is 0 Å². The monoisotopic (exact) mass is 348 g/mol. The van der Waals surface area contributed by atoms with E-state index in [-0.39, 0.29) is 29.3 Å². The van der Waals surface area contributed by atoms with Crippen LogP contribution in [0.15, 0.2) is 22.8 Å². The third-order valence-corrected chi connectivity index (χ3v) is 5.77. The SMILES string of the molecule is CO[C@H]1C[C@](C)(CCC=C(C)C)[C@@H](CC=O)C2=C1CO[C@H]2CC(C)=O. The van der Waals surface area contributed by atoms with Gasteiger partial charge in [-0.25, -0.2) is 0 Å². The van der Waals surface area contributed by atoms with E-state index in [1.165, 1.54) is 16.7 Å². The Labute approximate surface area is 151 Å². The first kappa shape index (κ1) is 20.1. The molecule has 0 fully saturated rings. The molecule has 1 aliphatic carbocycles. The Hall–Kier alpha value is -1.26. The van der Waals surface area contributed by atoms with Crippen molar-refractivity contribution in [1.82, 2.24) is 0 Å². The van der Waals surface area contributed by atoms with Gasteiger partial charge in [0.25, 0.3) is 0 Å². The first-order valence-corrected chi connectivity index (χ1v) is 9.26. The molecule has 4 nitrogen and oxygen atoms in total. The van der Waals surface area contributed by atoms with Gasteiger partial charge in [-0.1, -0.05) is 18.6 Å². The molecule has 0 spiro atoms. The van der Waals surface area contributed by atoms with Crippen LogP contribution in [0.5, 0.6) is 0 Å². The lowest BCUT2D eigenvalue weighted by Crippen LogP contribution is -2.41. The second-order valence-corrected chi connectivity index (χ2v) is 8.04. The summed E-state index contributed by atoms with van der Waals surface area (Å²) in [5, 5.41) is 0. The first-order chi connectivity index (χ1) is 11.8. The van der Waals surface area contributed by atoms with Gasteiger partial charge in [0.1, 0.15) is 12.1 Å². The van der Waals surface area contributed by atoms with Gasteiger partial charge in [0.2, 0.25) is 0 Å². The van der Waals surface area contributed by atoms with Crippen molar-refractivity contribution in [2.24, 2.45) is 11.3 Å². The predicted octanol–water partition coefficient (Wildman–Crippen LogP) is 4.04. The summed E-state index contributed by atoms with van der Waals surface area (Å²) in [5.41, 5.74) is 3.61. The van der Waals surface area contributed by atoms with Crippen LogP contribution in [0.1, 0.15) is 59.8 Å². The van der Waals surface area contributed by atoms with Crippen molar-refractivity contribution in [3.63, 3.8) is 0 Å². The van der Waals surface area contributed by atoms with Gasteiger partial charge in [0.05, 0.1) is 18.8 Å². The van der Waals surface area contributed by atoms with Gasteiger partial charge in [-0.3, -0.25) is 4.79 Å². The van der Waals surface area contributed by atoms with E-state index in [1.807, 2.05) is 0 Å². The van der Waals surface area contributed by atoms with E-state index in [0.717, 1.165) is 25.5 Å². The highest BCUT2D eigenvalue weighted by Gasteiger charge is 2.48. The largest absolute Gasteiger partial charge is 0.377 e. The van der Waals surface area contributed by atoms with Gasteiger partial charge in [-0.15, -0.1) is 0 Å². The molecule has 0 aromatic heterocycles. The fourth-order valence-electron chi connectivity index (χ4n) is 4.49. The van der Waals surface area contributed by atoms with Crippen LogP contribution < -0.4 is 0 Å². The van der Waals surface area contributed by atoms with E-state index in [9.17, 15) is 9.59 Å². The number of Topliss-reactive ketones (excluding diaryl/α,β-unsaturated/α-hetero) is 1. The van der Waals surface area contributed by atoms with Crippen LogP contribution >= 0.6 is 0 Å². The fraction of sp³-hybridized carbons (Fsp3) is 0.714. The maximum absolute atomic E-state index is 11.7. The highest BCUT2D eigenvalue weighted by molar-refractivity contribution is 5.76. The number of rotatable bonds is 8. The van der Waals surface area contributed by atoms with Crippen molar-refractivity contribution in [3.8, 4) is 0 Å². The molecule has 1 heterocycles. The zero-order valence-electron chi connectivity index (χ0n) is 16.3. The summed E-state index contributed by atoms with van der Waals surface area (Å²) in [6.07, 6.45) is 6.86. The molecular weight excluding hydrogens is 316 g/mol. The maximum atomic E-state index is 11.7. The van der Waals surface area contributed by atoms with Gasteiger partial charge in [-0.05, 0) is 62.5 Å². The molecule has 140 valence electrons. The van der Waals surface area contributed by atoms with E-state index >= 15 is 0 Å². The summed E-state index contributed by atoms with van der Waals surface area (Å²) >= 11 is 0. The number of methoxy groups -OCH3 is 1. The Balaban J connectivity index is 2.37. The molecule has 2 aliphatic rings. The molecule has 1 aliphatic heterocycles. The number of carbonyl (C=O) groups excluding carboxylic acids is 2. The lowest BCUT2D eigenvalue weighted by atomic mass is 9.60. The first-order valence-electron chi connectivity index (χ1n) is 9.26. The Morgan fingerprint density at radius 2 is 2.08 bits per heavy atom. The highest BCUT2D eigenvalue weighted by atomic mass is 16.5. The number of hydrogen-bond donors (Lipinski definition) is 0. The van der Waals surface area contributed by atoms with Gasteiger partial charge < -0.3 is 14.3 Å². The van der Waals surface area contributed by atoms with Crippen LogP contribution in [0, 0.1) is 11.3 Å². The predicted molar refractivity (Wildman–Crippen MR) is 98.4 cm³/mol. The standard InChI is InChI=1S/C21H32O4/c1-14(2)7-6-9-21(4)12-19(24-5)16-13-25-18(11-15(3)23)20(16)17(21)8-10-22/h7,10,17-19H,6,8-9,11-13H2,1-5H3/t17-,18-,19-,21-/m0/s1. The molecule has 4 heteroatoms. The summed E-state index contributed by atoms with van der Waals surface area (Å²) < 4.78 is 11.7. The third-order valence-electron chi connectivity index (χ3n) is 5.77. The smallest absolute Gasteiger partial charge is 0.132 e. The fourth-order valence-corrected chi connectivity index (χ4v) is 4.49. The molecule has 0 bridgehead atoms. The lowest BCUT2D eigenvalue weighted by Gasteiger charge is -2.45. The summed E-state index contributed by atoms with van der Waals surface area (Å²) in [7, 11) is 1.74. The Morgan fingerprint density at radius 3 is 2.64 bits per heavy atom. The average molecular weight is 348 g/mol. The van der Waals surface area contributed by atoms with Gasteiger partial charge in [-0.2, -0.15) is 0 Å². The normalized spacial score (nSPS) is 31.6. The summed E-state index contributed by atoms with van der Waals surface area (Å²) in [6.45, 7) is 8.60. The summed E-state index contributed by atoms with van der Waals surface area (Å²) in [4.78, 5) is 23.1. The number of hydrogen-bond acceptors (Lipinski definition) is 4. The molecule has 25 heavy (non-hydrogen) atoms. The second kappa shape index (κ2) is 8.41.